The molecule has 1 heterocycles. The quantitative estimate of drug-likeness (QED) is 0.634. The van der Waals surface area contributed by atoms with Crippen molar-refractivity contribution >= 4 is 0 Å². The van der Waals surface area contributed by atoms with Gasteiger partial charge in [-0.05, 0) is 45.2 Å². The van der Waals surface area contributed by atoms with E-state index >= 15 is 0 Å². The van der Waals surface area contributed by atoms with E-state index in [9.17, 15) is 5.11 Å². The molecule has 3 nitrogen and oxygen atoms in total. The molecule has 0 aromatic carbocycles. The maximum absolute atomic E-state index is 9.68. The van der Waals surface area contributed by atoms with Crippen molar-refractivity contribution in [2.45, 2.75) is 38.7 Å². The summed E-state index contributed by atoms with van der Waals surface area (Å²) in [6.45, 7) is 7.32. The van der Waals surface area contributed by atoms with Gasteiger partial charge in [-0.1, -0.05) is 6.92 Å². The Morgan fingerprint density at radius 3 is 2.93 bits per heavy atom. The van der Waals surface area contributed by atoms with Crippen LogP contribution in [0.5, 0.6) is 0 Å². The van der Waals surface area contributed by atoms with Gasteiger partial charge in [-0.2, -0.15) is 0 Å². The van der Waals surface area contributed by atoms with Crippen LogP contribution in [-0.4, -0.2) is 37.0 Å². The van der Waals surface area contributed by atoms with Gasteiger partial charge in [0.25, 0.3) is 0 Å². The summed E-state index contributed by atoms with van der Waals surface area (Å²) in [5.74, 6) is 0.779. The van der Waals surface area contributed by atoms with Gasteiger partial charge in [-0.25, -0.2) is 0 Å². The third-order valence-corrected chi connectivity index (χ3v) is 3.01. The van der Waals surface area contributed by atoms with Crippen LogP contribution in [0.2, 0.25) is 0 Å². The first-order valence-corrected chi connectivity index (χ1v) is 5.65. The molecule has 0 aliphatic carbocycles. The lowest BCUT2D eigenvalue weighted by Gasteiger charge is -2.21. The minimum atomic E-state index is -0.645. The molecule has 84 valence electrons. The fourth-order valence-corrected chi connectivity index (χ4v) is 1.60. The summed E-state index contributed by atoms with van der Waals surface area (Å²) < 4.78 is 5.47. The van der Waals surface area contributed by atoms with Crippen LogP contribution in [0.15, 0.2) is 0 Å². The van der Waals surface area contributed by atoms with E-state index in [-0.39, 0.29) is 0 Å². The Morgan fingerprint density at radius 1 is 1.57 bits per heavy atom. The Labute approximate surface area is 86.8 Å². The molecule has 1 aliphatic rings. The highest BCUT2D eigenvalue weighted by Crippen LogP contribution is 2.13. The van der Waals surface area contributed by atoms with E-state index in [1.165, 1.54) is 6.42 Å². The van der Waals surface area contributed by atoms with Crippen molar-refractivity contribution in [3.05, 3.63) is 0 Å². The fourth-order valence-electron chi connectivity index (χ4n) is 1.60. The minimum absolute atomic E-state index is 0.462. The molecular formula is C11H23NO2. The first-order chi connectivity index (χ1) is 6.64. The summed E-state index contributed by atoms with van der Waals surface area (Å²) in [6.07, 6.45) is 3.14. The number of hydrogen-bond acceptors (Lipinski definition) is 3. The zero-order valence-electron chi connectivity index (χ0n) is 9.38. The van der Waals surface area contributed by atoms with E-state index in [2.05, 4.69) is 5.32 Å². The molecule has 3 heteroatoms. The summed E-state index contributed by atoms with van der Waals surface area (Å²) in [5.41, 5.74) is -0.645. The van der Waals surface area contributed by atoms with Gasteiger partial charge in [0.1, 0.15) is 0 Å². The van der Waals surface area contributed by atoms with Crippen LogP contribution in [-0.2, 0) is 4.74 Å². The number of rotatable bonds is 6. The van der Waals surface area contributed by atoms with Gasteiger partial charge in [-0.15, -0.1) is 0 Å². The SMILES string of the molecule is CCC(C)(O)COCCC1CCNC1. The van der Waals surface area contributed by atoms with Crippen LogP contribution in [0.1, 0.15) is 33.1 Å². The third kappa shape index (κ3) is 4.40. The molecule has 2 atom stereocenters. The molecule has 1 fully saturated rings. The van der Waals surface area contributed by atoms with Crippen LogP contribution in [0.4, 0.5) is 0 Å². The summed E-state index contributed by atoms with van der Waals surface area (Å²) in [5, 5.41) is 13.0. The van der Waals surface area contributed by atoms with Gasteiger partial charge in [0, 0.05) is 6.61 Å². The van der Waals surface area contributed by atoms with Crippen molar-refractivity contribution in [2.75, 3.05) is 26.3 Å². The predicted octanol–water partition coefficient (Wildman–Crippen LogP) is 1.16. The molecule has 0 spiro atoms. The van der Waals surface area contributed by atoms with Crippen LogP contribution in [0.25, 0.3) is 0 Å². The maximum atomic E-state index is 9.68. The molecule has 0 aromatic heterocycles. The van der Waals surface area contributed by atoms with Crippen LogP contribution in [0, 0.1) is 5.92 Å². The van der Waals surface area contributed by atoms with E-state index < -0.39 is 5.60 Å². The predicted molar refractivity (Wildman–Crippen MR) is 57.3 cm³/mol. The second-order valence-electron chi connectivity index (χ2n) is 4.55. The first kappa shape index (κ1) is 12.0. The first-order valence-electron chi connectivity index (χ1n) is 5.65. The Balaban J connectivity index is 1.98. The van der Waals surface area contributed by atoms with Gasteiger partial charge in [0.05, 0.1) is 12.2 Å². The molecule has 0 amide bonds. The second-order valence-corrected chi connectivity index (χ2v) is 4.55. The van der Waals surface area contributed by atoms with Crippen molar-refractivity contribution in [3.63, 3.8) is 0 Å². The molecule has 14 heavy (non-hydrogen) atoms. The van der Waals surface area contributed by atoms with Crippen LogP contribution < -0.4 is 5.32 Å². The zero-order chi connectivity index (χ0) is 10.4. The van der Waals surface area contributed by atoms with Crippen molar-refractivity contribution in [1.29, 1.82) is 0 Å². The zero-order valence-corrected chi connectivity index (χ0v) is 9.38. The highest BCUT2D eigenvalue weighted by atomic mass is 16.5. The topological polar surface area (TPSA) is 41.5 Å². The summed E-state index contributed by atoms with van der Waals surface area (Å²) in [4.78, 5) is 0. The molecule has 0 bridgehead atoms. The Kier molecular flexibility index (Phi) is 4.85. The molecule has 0 saturated carbocycles. The number of nitrogens with one attached hydrogen (secondary N) is 1. The molecule has 0 aromatic rings. The number of ether oxygens (including phenoxy) is 1. The van der Waals surface area contributed by atoms with E-state index in [0.717, 1.165) is 38.5 Å². The van der Waals surface area contributed by atoms with Gasteiger partial charge in [-0.3, -0.25) is 0 Å². The van der Waals surface area contributed by atoms with Crippen molar-refractivity contribution in [3.8, 4) is 0 Å². The van der Waals surface area contributed by atoms with Crippen molar-refractivity contribution in [2.24, 2.45) is 5.92 Å². The van der Waals surface area contributed by atoms with E-state index in [4.69, 9.17) is 4.74 Å². The second kappa shape index (κ2) is 5.69. The van der Waals surface area contributed by atoms with E-state index in [1.54, 1.807) is 0 Å². The van der Waals surface area contributed by atoms with Gasteiger partial charge < -0.3 is 15.2 Å². The monoisotopic (exact) mass is 201 g/mol. The van der Waals surface area contributed by atoms with E-state index in [1.807, 2.05) is 13.8 Å². The van der Waals surface area contributed by atoms with Crippen molar-refractivity contribution < 1.29 is 9.84 Å². The minimum Gasteiger partial charge on any atom is -0.388 e. The molecule has 2 N–H and O–H groups in total. The Bertz CT molecular complexity index is 153. The molecular weight excluding hydrogens is 178 g/mol. The number of aliphatic hydroxyl groups is 1. The van der Waals surface area contributed by atoms with Gasteiger partial charge >= 0.3 is 0 Å². The van der Waals surface area contributed by atoms with E-state index in [0.29, 0.717) is 6.61 Å². The number of hydrogen-bond donors (Lipinski definition) is 2. The largest absolute Gasteiger partial charge is 0.388 e. The highest BCUT2D eigenvalue weighted by molar-refractivity contribution is 4.72. The lowest BCUT2D eigenvalue weighted by atomic mass is 10.0. The maximum Gasteiger partial charge on any atom is 0.0849 e. The average molecular weight is 201 g/mol. The summed E-state index contributed by atoms with van der Waals surface area (Å²) in [7, 11) is 0. The lowest BCUT2D eigenvalue weighted by molar-refractivity contribution is -0.0380. The van der Waals surface area contributed by atoms with Crippen LogP contribution in [0.3, 0.4) is 0 Å². The standard InChI is InChI=1S/C11H23NO2/c1-3-11(2,13)9-14-7-5-10-4-6-12-8-10/h10,12-13H,3-9H2,1-2H3. The smallest absolute Gasteiger partial charge is 0.0849 e. The fraction of sp³-hybridized carbons (Fsp3) is 1.00. The summed E-state index contributed by atoms with van der Waals surface area (Å²) in [6, 6.07) is 0. The molecule has 1 saturated heterocycles. The Hall–Kier alpha value is -0.120. The van der Waals surface area contributed by atoms with Crippen LogP contribution >= 0.6 is 0 Å². The van der Waals surface area contributed by atoms with Gasteiger partial charge in [0.15, 0.2) is 0 Å². The normalized spacial score (nSPS) is 26.4. The molecule has 2 unspecified atom stereocenters. The van der Waals surface area contributed by atoms with Gasteiger partial charge in [0.2, 0.25) is 0 Å². The average Bonchev–Trinajstić information content (AvgIpc) is 2.65. The Morgan fingerprint density at radius 2 is 2.36 bits per heavy atom. The molecule has 1 rings (SSSR count). The molecule has 0 radical (unpaired) electrons. The third-order valence-electron chi connectivity index (χ3n) is 3.01. The lowest BCUT2D eigenvalue weighted by Crippen LogP contribution is -2.30. The molecule has 1 aliphatic heterocycles. The van der Waals surface area contributed by atoms with Crippen molar-refractivity contribution in [1.82, 2.24) is 5.32 Å². The summed E-state index contributed by atoms with van der Waals surface area (Å²) >= 11 is 0. The highest BCUT2D eigenvalue weighted by Gasteiger charge is 2.18.